The van der Waals surface area contributed by atoms with E-state index in [4.69, 9.17) is 9.72 Å². The Morgan fingerprint density at radius 3 is 2.42 bits per heavy atom. The number of piperazine rings is 1. The largest absolute Gasteiger partial charge is 0.497 e. The highest BCUT2D eigenvalue weighted by molar-refractivity contribution is 5.66. The molecule has 168 valence electrons. The van der Waals surface area contributed by atoms with E-state index in [1.165, 1.54) is 22.4 Å². The van der Waals surface area contributed by atoms with E-state index >= 15 is 0 Å². The third-order valence-corrected chi connectivity index (χ3v) is 6.46. The minimum absolute atomic E-state index is 0.134. The highest BCUT2D eigenvalue weighted by atomic mass is 16.5. The first-order chi connectivity index (χ1) is 16.3. The van der Waals surface area contributed by atoms with Gasteiger partial charge in [-0.15, -0.1) is 0 Å². The number of ether oxygens (including phenoxy) is 1. The first kappa shape index (κ1) is 21.4. The molecule has 5 nitrogen and oxygen atoms in total. The van der Waals surface area contributed by atoms with E-state index in [1.807, 2.05) is 24.4 Å². The summed E-state index contributed by atoms with van der Waals surface area (Å²) in [6.45, 7) is 6.19. The molecule has 5 rings (SSSR count). The van der Waals surface area contributed by atoms with E-state index in [2.05, 4.69) is 82.4 Å². The quantitative estimate of drug-likeness (QED) is 0.467. The third kappa shape index (κ3) is 4.30. The zero-order chi connectivity index (χ0) is 22.6. The maximum Gasteiger partial charge on any atom is 0.137 e. The second kappa shape index (κ2) is 9.61. The number of hydrogen-bond donors (Lipinski definition) is 1. The Morgan fingerprint density at radius 1 is 0.909 bits per heavy atom. The van der Waals surface area contributed by atoms with Crippen LogP contribution in [0.1, 0.15) is 22.9 Å². The predicted octanol–water partition coefficient (Wildman–Crippen LogP) is 4.85. The molecule has 1 aliphatic heterocycles. The summed E-state index contributed by atoms with van der Waals surface area (Å²) in [5.74, 6) is 1.82. The molecule has 1 N–H and O–H groups in total. The Labute approximate surface area is 195 Å². The molecule has 0 aliphatic carbocycles. The minimum atomic E-state index is 0.134. The number of aromatic nitrogens is 2. The van der Waals surface area contributed by atoms with E-state index in [0.717, 1.165) is 43.4 Å². The fourth-order valence-corrected chi connectivity index (χ4v) is 4.84. The maximum absolute atomic E-state index is 5.58. The van der Waals surface area contributed by atoms with Crippen molar-refractivity contribution in [1.29, 1.82) is 0 Å². The van der Waals surface area contributed by atoms with Crippen LogP contribution in [0.25, 0.3) is 17.1 Å². The summed E-state index contributed by atoms with van der Waals surface area (Å²) in [5.41, 5.74) is 6.10. The fourth-order valence-electron chi connectivity index (χ4n) is 4.84. The number of nitrogens with one attached hydrogen (secondary N) is 1. The van der Waals surface area contributed by atoms with Gasteiger partial charge in [-0.25, -0.2) is 4.98 Å². The predicted molar refractivity (Wildman–Crippen MR) is 133 cm³/mol. The summed E-state index contributed by atoms with van der Waals surface area (Å²) in [6.07, 6.45) is 1.86. The molecule has 0 spiro atoms. The van der Waals surface area contributed by atoms with E-state index < -0.39 is 0 Å². The van der Waals surface area contributed by atoms with Crippen molar-refractivity contribution in [2.75, 3.05) is 33.3 Å². The van der Waals surface area contributed by atoms with Gasteiger partial charge in [0.15, 0.2) is 0 Å². The molecule has 3 heterocycles. The van der Waals surface area contributed by atoms with Crippen molar-refractivity contribution in [3.05, 3.63) is 102 Å². The topological polar surface area (TPSA) is 42.3 Å². The van der Waals surface area contributed by atoms with Gasteiger partial charge in [-0.05, 0) is 53.9 Å². The number of rotatable bonds is 6. The fraction of sp³-hybridized carbons (Fsp3) is 0.250. The van der Waals surface area contributed by atoms with Crippen molar-refractivity contribution in [3.8, 4) is 22.8 Å². The van der Waals surface area contributed by atoms with Crippen molar-refractivity contribution in [1.82, 2.24) is 19.8 Å². The standard InChI is InChI=1S/C28H30N4O/c1-21-25(28(31-17-15-29-16-18-31)23-11-8-12-24(19-23)33-2)20-26(22-9-4-3-5-10-22)32(21)27-13-6-7-14-30-27/h3-14,19-20,28-29H,15-18H2,1-2H3. The minimum Gasteiger partial charge on any atom is -0.497 e. The highest BCUT2D eigenvalue weighted by Gasteiger charge is 2.29. The smallest absolute Gasteiger partial charge is 0.137 e. The van der Waals surface area contributed by atoms with Gasteiger partial charge in [0.2, 0.25) is 0 Å². The van der Waals surface area contributed by atoms with Crippen LogP contribution in [0, 0.1) is 6.92 Å². The molecule has 5 heteroatoms. The number of benzene rings is 2. The SMILES string of the molecule is COc1cccc(C(c2cc(-c3ccccc3)n(-c3ccccn3)c2C)N2CCNCC2)c1. The molecule has 4 aromatic rings. The van der Waals surface area contributed by atoms with Gasteiger partial charge >= 0.3 is 0 Å². The maximum atomic E-state index is 5.58. The molecule has 1 atom stereocenters. The number of hydrogen-bond acceptors (Lipinski definition) is 4. The highest BCUT2D eigenvalue weighted by Crippen LogP contribution is 2.38. The number of methoxy groups -OCH3 is 1. The first-order valence-corrected chi connectivity index (χ1v) is 11.5. The lowest BCUT2D eigenvalue weighted by molar-refractivity contribution is 0.197. The Morgan fingerprint density at radius 2 is 1.70 bits per heavy atom. The molecular weight excluding hydrogens is 408 g/mol. The van der Waals surface area contributed by atoms with Crippen molar-refractivity contribution in [2.24, 2.45) is 0 Å². The van der Waals surface area contributed by atoms with Crippen molar-refractivity contribution in [2.45, 2.75) is 13.0 Å². The molecule has 33 heavy (non-hydrogen) atoms. The van der Waals surface area contributed by atoms with Gasteiger partial charge in [0, 0.05) is 38.1 Å². The summed E-state index contributed by atoms with van der Waals surface area (Å²) in [5, 5.41) is 3.50. The molecule has 0 amide bonds. The molecule has 1 saturated heterocycles. The molecule has 2 aromatic heterocycles. The van der Waals surface area contributed by atoms with Crippen LogP contribution in [0.4, 0.5) is 0 Å². The van der Waals surface area contributed by atoms with Crippen molar-refractivity contribution < 1.29 is 4.74 Å². The van der Waals surface area contributed by atoms with Crippen LogP contribution >= 0.6 is 0 Å². The second-order valence-electron chi connectivity index (χ2n) is 8.42. The molecular formula is C28H30N4O. The van der Waals surface area contributed by atoms with Gasteiger partial charge in [0.05, 0.1) is 18.8 Å². The molecule has 0 bridgehead atoms. The molecule has 1 aliphatic rings. The number of nitrogens with zero attached hydrogens (tertiary/aromatic N) is 3. The van der Waals surface area contributed by atoms with E-state index in [9.17, 15) is 0 Å². The monoisotopic (exact) mass is 438 g/mol. The Kier molecular flexibility index (Phi) is 6.24. The van der Waals surface area contributed by atoms with Gasteiger partial charge in [-0.3, -0.25) is 9.47 Å². The summed E-state index contributed by atoms with van der Waals surface area (Å²) in [7, 11) is 1.73. The molecule has 2 aromatic carbocycles. The van der Waals surface area contributed by atoms with Crippen molar-refractivity contribution >= 4 is 0 Å². The lowest BCUT2D eigenvalue weighted by Crippen LogP contribution is -2.45. The molecule has 1 fully saturated rings. The van der Waals surface area contributed by atoms with Gasteiger partial charge in [-0.1, -0.05) is 48.5 Å². The average Bonchev–Trinajstić information content (AvgIpc) is 3.22. The van der Waals surface area contributed by atoms with Gasteiger partial charge in [0.1, 0.15) is 11.6 Å². The zero-order valence-corrected chi connectivity index (χ0v) is 19.2. The summed E-state index contributed by atoms with van der Waals surface area (Å²) in [6, 6.07) is 27.7. The van der Waals surface area contributed by atoms with E-state index in [-0.39, 0.29) is 6.04 Å². The Balaban J connectivity index is 1.72. The van der Waals surface area contributed by atoms with Crippen LogP contribution in [0.15, 0.2) is 85.1 Å². The number of pyridine rings is 1. The molecule has 0 saturated carbocycles. The summed E-state index contributed by atoms with van der Waals surface area (Å²) < 4.78 is 7.87. The van der Waals surface area contributed by atoms with Crippen molar-refractivity contribution in [3.63, 3.8) is 0 Å². The molecule has 1 unspecified atom stereocenters. The van der Waals surface area contributed by atoms with Crippen LogP contribution in [0.5, 0.6) is 5.75 Å². The normalized spacial score (nSPS) is 15.3. The summed E-state index contributed by atoms with van der Waals surface area (Å²) >= 11 is 0. The van der Waals surface area contributed by atoms with Gasteiger partial charge < -0.3 is 10.1 Å². The average molecular weight is 439 g/mol. The van der Waals surface area contributed by atoms with Crippen LogP contribution in [0.3, 0.4) is 0 Å². The van der Waals surface area contributed by atoms with Gasteiger partial charge in [0.25, 0.3) is 0 Å². The zero-order valence-electron chi connectivity index (χ0n) is 19.2. The van der Waals surface area contributed by atoms with Gasteiger partial charge in [-0.2, -0.15) is 0 Å². The lowest BCUT2D eigenvalue weighted by atomic mass is 9.96. The lowest BCUT2D eigenvalue weighted by Gasteiger charge is -2.35. The second-order valence-corrected chi connectivity index (χ2v) is 8.42. The molecule has 0 radical (unpaired) electrons. The van der Waals surface area contributed by atoms with Crippen LogP contribution < -0.4 is 10.1 Å². The van der Waals surface area contributed by atoms with E-state index in [1.54, 1.807) is 7.11 Å². The third-order valence-electron chi connectivity index (χ3n) is 6.46. The van der Waals surface area contributed by atoms with Crippen LogP contribution in [0.2, 0.25) is 0 Å². The van der Waals surface area contributed by atoms with Crippen LogP contribution in [-0.2, 0) is 0 Å². The van der Waals surface area contributed by atoms with Crippen LogP contribution in [-0.4, -0.2) is 47.7 Å². The first-order valence-electron chi connectivity index (χ1n) is 11.5. The Bertz CT molecular complexity index is 1200. The van der Waals surface area contributed by atoms with E-state index in [0.29, 0.717) is 0 Å². The Hall–Kier alpha value is -3.41. The summed E-state index contributed by atoms with van der Waals surface area (Å²) in [4.78, 5) is 7.28.